The van der Waals surface area contributed by atoms with Crippen molar-refractivity contribution in [3.63, 3.8) is 0 Å². The molecule has 0 N–H and O–H groups in total. The van der Waals surface area contributed by atoms with Gasteiger partial charge in [-0.15, -0.1) is 0 Å². The van der Waals surface area contributed by atoms with E-state index in [0.717, 1.165) is 69.7 Å². The van der Waals surface area contributed by atoms with Gasteiger partial charge in [0.05, 0.1) is 0 Å². The number of hydrogen-bond acceptors (Lipinski definition) is 5. The van der Waals surface area contributed by atoms with Gasteiger partial charge in [0, 0.05) is 49.1 Å². The van der Waals surface area contributed by atoms with E-state index in [4.69, 9.17) is 4.98 Å². The van der Waals surface area contributed by atoms with Gasteiger partial charge in [-0.2, -0.15) is 0 Å². The van der Waals surface area contributed by atoms with E-state index in [1.807, 2.05) is 6.20 Å². The molecule has 3 unspecified atom stereocenters. The van der Waals surface area contributed by atoms with Crippen LogP contribution < -0.4 is 4.90 Å². The number of rotatable bonds is 7. The maximum Gasteiger partial charge on any atom is 0.138 e. The molecule has 1 aliphatic carbocycles. The summed E-state index contributed by atoms with van der Waals surface area (Å²) in [5.74, 6) is 3.39. The lowest BCUT2D eigenvalue weighted by molar-refractivity contribution is -0.127. The number of piperazine rings is 1. The van der Waals surface area contributed by atoms with Gasteiger partial charge in [0.25, 0.3) is 0 Å². The number of aromatic nitrogens is 2. The Hall–Kier alpha value is -1.49. The quantitative estimate of drug-likeness (QED) is 0.665. The number of anilines is 1. The fraction of sp³-hybridized carbons (Fsp3) is 0.792. The smallest absolute Gasteiger partial charge is 0.138 e. The molecule has 0 bridgehead atoms. The first kappa shape index (κ1) is 22.2. The van der Waals surface area contributed by atoms with Crippen LogP contribution in [0.5, 0.6) is 0 Å². The molecule has 2 fully saturated rings. The number of likely N-dealkylation sites (N-methyl/N-ethyl adjacent to an activating group) is 1. The zero-order valence-electron chi connectivity index (χ0n) is 19.1. The van der Waals surface area contributed by atoms with Crippen molar-refractivity contribution in [2.24, 2.45) is 11.8 Å². The minimum Gasteiger partial charge on any atom is -0.348 e. The Labute approximate surface area is 177 Å². The van der Waals surface area contributed by atoms with Crippen molar-refractivity contribution in [2.75, 3.05) is 25.0 Å². The summed E-state index contributed by atoms with van der Waals surface area (Å²) >= 11 is 0. The molecule has 1 aliphatic heterocycles. The fourth-order valence-corrected chi connectivity index (χ4v) is 5.24. The number of carbonyl (C=O) groups is 1. The molecule has 1 saturated carbocycles. The van der Waals surface area contributed by atoms with Gasteiger partial charge in [-0.3, -0.25) is 4.79 Å². The number of carbonyl (C=O) groups excluding carboxylic acids is 1. The van der Waals surface area contributed by atoms with Gasteiger partial charge in [-0.05, 0) is 58.1 Å². The predicted octanol–water partition coefficient (Wildman–Crippen LogP) is 4.67. The van der Waals surface area contributed by atoms with Crippen molar-refractivity contribution >= 4 is 11.6 Å². The highest BCUT2D eigenvalue weighted by molar-refractivity contribution is 5.83. The second-order valence-electron chi connectivity index (χ2n) is 9.29. The van der Waals surface area contributed by atoms with Crippen molar-refractivity contribution < 1.29 is 4.79 Å². The van der Waals surface area contributed by atoms with E-state index in [9.17, 15) is 4.79 Å². The monoisotopic (exact) mass is 400 g/mol. The summed E-state index contributed by atoms with van der Waals surface area (Å²) in [6.07, 6.45) is 9.21. The molecule has 5 heteroatoms. The number of ketones is 1. The predicted molar refractivity (Wildman–Crippen MR) is 119 cm³/mol. The van der Waals surface area contributed by atoms with E-state index in [2.05, 4.69) is 55.6 Å². The molecule has 3 atom stereocenters. The van der Waals surface area contributed by atoms with Gasteiger partial charge >= 0.3 is 0 Å². The molecule has 2 aliphatic rings. The van der Waals surface area contributed by atoms with Crippen LogP contribution in [0, 0.1) is 11.8 Å². The maximum atomic E-state index is 12.6. The maximum absolute atomic E-state index is 12.6. The molecule has 0 radical (unpaired) electrons. The molecule has 162 valence electrons. The molecular weight excluding hydrogens is 360 g/mol. The Morgan fingerprint density at radius 3 is 2.28 bits per heavy atom. The molecule has 3 rings (SSSR count). The molecule has 0 amide bonds. The first-order valence-corrected chi connectivity index (χ1v) is 11.8. The van der Waals surface area contributed by atoms with Crippen molar-refractivity contribution in [2.45, 2.75) is 90.6 Å². The Morgan fingerprint density at radius 1 is 1.10 bits per heavy atom. The summed E-state index contributed by atoms with van der Waals surface area (Å²) < 4.78 is 0. The summed E-state index contributed by atoms with van der Waals surface area (Å²) in [4.78, 5) is 27.3. The van der Waals surface area contributed by atoms with Crippen LogP contribution in [0.15, 0.2) is 12.3 Å². The summed E-state index contributed by atoms with van der Waals surface area (Å²) in [7, 11) is 2.23. The summed E-state index contributed by atoms with van der Waals surface area (Å²) in [5, 5.41) is 0. The Morgan fingerprint density at radius 2 is 1.72 bits per heavy atom. The molecule has 1 aromatic heterocycles. The molecule has 0 spiro atoms. The third kappa shape index (κ3) is 4.99. The Kier molecular flexibility index (Phi) is 7.66. The molecule has 1 aromatic rings. The van der Waals surface area contributed by atoms with E-state index in [-0.39, 0.29) is 11.8 Å². The molecule has 5 nitrogen and oxygen atoms in total. The van der Waals surface area contributed by atoms with Gasteiger partial charge in [0.1, 0.15) is 17.4 Å². The van der Waals surface area contributed by atoms with E-state index in [1.54, 1.807) is 0 Å². The Bertz CT molecular complexity index is 657. The van der Waals surface area contributed by atoms with E-state index in [1.165, 1.54) is 0 Å². The van der Waals surface area contributed by atoms with Crippen molar-refractivity contribution in [3.05, 3.63) is 18.1 Å². The van der Waals surface area contributed by atoms with Crippen molar-refractivity contribution in [3.8, 4) is 0 Å². The van der Waals surface area contributed by atoms with Crippen molar-refractivity contribution in [1.29, 1.82) is 0 Å². The first-order valence-electron chi connectivity index (χ1n) is 11.8. The van der Waals surface area contributed by atoms with Gasteiger partial charge in [-0.1, -0.05) is 27.7 Å². The van der Waals surface area contributed by atoms with E-state index < -0.39 is 0 Å². The normalized spacial score (nSPS) is 29.6. The molecule has 2 heterocycles. The van der Waals surface area contributed by atoms with Crippen LogP contribution in [0.3, 0.4) is 0 Å². The molecule has 29 heavy (non-hydrogen) atoms. The summed E-state index contributed by atoms with van der Waals surface area (Å²) in [5.41, 5.74) is 0. The zero-order chi connectivity index (χ0) is 21.0. The number of nitrogens with zero attached hydrogens (tertiary/aromatic N) is 4. The van der Waals surface area contributed by atoms with Crippen LogP contribution in [-0.4, -0.2) is 52.9 Å². The van der Waals surface area contributed by atoms with E-state index >= 15 is 0 Å². The largest absolute Gasteiger partial charge is 0.348 e. The first-order chi connectivity index (χ1) is 14.0. The zero-order valence-corrected chi connectivity index (χ0v) is 19.1. The van der Waals surface area contributed by atoms with Gasteiger partial charge < -0.3 is 9.80 Å². The van der Waals surface area contributed by atoms with Crippen LogP contribution >= 0.6 is 0 Å². The van der Waals surface area contributed by atoms with Gasteiger partial charge in [0.15, 0.2) is 0 Å². The highest BCUT2D eigenvalue weighted by Crippen LogP contribution is 2.37. The summed E-state index contributed by atoms with van der Waals surface area (Å²) in [6, 6.07) is 3.11. The lowest BCUT2D eigenvalue weighted by Crippen LogP contribution is -2.57. The highest BCUT2D eigenvalue weighted by atomic mass is 16.1. The highest BCUT2D eigenvalue weighted by Gasteiger charge is 2.34. The third-order valence-electron chi connectivity index (χ3n) is 7.29. The summed E-state index contributed by atoms with van der Waals surface area (Å²) in [6.45, 7) is 10.9. The standard InChI is InChI=1S/C24H40N4O/c1-6-17(4)23(29)18-9-11-19(12-10-18)24-25-14-13-22(26-24)28-20(7-2)15-27(5)16-21(28)8-3/h13-14,17-21H,6-12,15-16H2,1-5H3/t17?,18-,19+,20?,21?. The lowest BCUT2D eigenvalue weighted by atomic mass is 9.77. The van der Waals surface area contributed by atoms with Gasteiger partial charge in [-0.25, -0.2) is 9.97 Å². The number of Topliss-reactive ketones (excluding diaryl/α,β-unsaturated/α-hetero) is 1. The van der Waals surface area contributed by atoms with Crippen LogP contribution in [0.2, 0.25) is 0 Å². The van der Waals surface area contributed by atoms with E-state index in [0.29, 0.717) is 23.8 Å². The second kappa shape index (κ2) is 10.0. The fourth-order valence-electron chi connectivity index (χ4n) is 5.24. The van der Waals surface area contributed by atoms with Gasteiger partial charge in [0.2, 0.25) is 0 Å². The molecule has 1 saturated heterocycles. The SMILES string of the molecule is CCC(C)C(=O)[C@H]1CC[C@@H](c2nccc(N3C(CC)CN(C)CC3CC)n2)CC1. The number of hydrogen-bond donors (Lipinski definition) is 0. The third-order valence-corrected chi connectivity index (χ3v) is 7.29. The van der Waals surface area contributed by atoms with Crippen LogP contribution in [0.4, 0.5) is 5.82 Å². The van der Waals surface area contributed by atoms with Crippen LogP contribution in [0.1, 0.15) is 84.4 Å². The van der Waals surface area contributed by atoms with Crippen molar-refractivity contribution in [1.82, 2.24) is 14.9 Å². The molecular formula is C24H40N4O. The Balaban J connectivity index is 1.72. The van der Waals surface area contributed by atoms with Crippen LogP contribution in [-0.2, 0) is 4.79 Å². The lowest BCUT2D eigenvalue weighted by Gasteiger charge is -2.46. The minimum absolute atomic E-state index is 0.199. The van der Waals surface area contributed by atoms with Crippen LogP contribution in [0.25, 0.3) is 0 Å². The topological polar surface area (TPSA) is 49.3 Å². The minimum atomic E-state index is 0.199. The average Bonchev–Trinajstić information content (AvgIpc) is 2.77. The second-order valence-corrected chi connectivity index (χ2v) is 9.29. The average molecular weight is 401 g/mol. The molecule has 0 aromatic carbocycles.